The summed E-state index contributed by atoms with van der Waals surface area (Å²) in [4.78, 5) is 4.78. The summed E-state index contributed by atoms with van der Waals surface area (Å²) < 4.78 is 0. The highest BCUT2D eigenvalue weighted by Crippen LogP contribution is 2.57. The van der Waals surface area contributed by atoms with Crippen LogP contribution in [0.25, 0.3) is 43.4 Å². The van der Waals surface area contributed by atoms with Gasteiger partial charge >= 0.3 is 0 Å². The summed E-state index contributed by atoms with van der Waals surface area (Å²) in [5.74, 6) is 0. The Labute approximate surface area is 361 Å². The molecule has 0 unspecified atom stereocenters. The molecule has 0 heterocycles. The molecule has 0 aromatic heterocycles. The molecule has 9 aromatic carbocycles. The van der Waals surface area contributed by atoms with E-state index >= 15 is 0 Å². The lowest BCUT2D eigenvalue weighted by Gasteiger charge is -2.29. The van der Waals surface area contributed by atoms with E-state index < -0.39 is 0 Å². The number of nitrogens with zero attached hydrogens (tertiary/aromatic N) is 2. The minimum Gasteiger partial charge on any atom is -0.310 e. The van der Waals surface area contributed by atoms with Gasteiger partial charge in [0, 0.05) is 39.5 Å². The quantitative estimate of drug-likeness (QED) is 0.155. The summed E-state index contributed by atoms with van der Waals surface area (Å²) in [6.07, 6.45) is 0. The highest BCUT2D eigenvalue weighted by atomic mass is 15.1. The maximum absolute atomic E-state index is 2.44. The molecule has 0 fully saturated rings. The van der Waals surface area contributed by atoms with Gasteiger partial charge in [-0.05, 0) is 149 Å². The third kappa shape index (κ3) is 6.48. The molecule has 0 saturated carbocycles. The van der Waals surface area contributed by atoms with Crippen molar-refractivity contribution < 1.29 is 0 Å². The number of para-hydroxylation sites is 2. The van der Waals surface area contributed by atoms with Gasteiger partial charge in [-0.2, -0.15) is 0 Å². The first kappa shape index (κ1) is 38.6. The Balaban J connectivity index is 1.13. The molecule has 1 aliphatic rings. The molecule has 300 valence electrons. The maximum atomic E-state index is 2.44. The van der Waals surface area contributed by atoms with Gasteiger partial charge in [0.1, 0.15) is 0 Å². The maximum Gasteiger partial charge on any atom is 0.0468 e. The van der Waals surface area contributed by atoms with Crippen LogP contribution in [0, 0.1) is 0 Å². The summed E-state index contributed by atoms with van der Waals surface area (Å²) in [6.45, 7) is 18.5. The second-order valence-electron chi connectivity index (χ2n) is 19.5. The van der Waals surface area contributed by atoms with Crippen molar-refractivity contribution in [2.45, 2.75) is 71.6 Å². The van der Waals surface area contributed by atoms with Crippen molar-refractivity contribution in [2.75, 3.05) is 9.80 Å². The van der Waals surface area contributed by atoms with Gasteiger partial charge in [0.15, 0.2) is 0 Å². The van der Waals surface area contributed by atoms with Gasteiger partial charge in [-0.1, -0.05) is 165 Å². The normalized spacial score (nSPS) is 13.4. The summed E-state index contributed by atoms with van der Waals surface area (Å²) in [6, 6.07) is 67.7. The van der Waals surface area contributed by atoms with E-state index in [0.29, 0.717) is 0 Å². The second-order valence-corrected chi connectivity index (χ2v) is 19.5. The third-order valence-corrected chi connectivity index (χ3v) is 13.1. The van der Waals surface area contributed by atoms with Crippen LogP contribution >= 0.6 is 0 Å². The van der Waals surface area contributed by atoms with Gasteiger partial charge in [0.25, 0.3) is 0 Å². The SMILES string of the molecule is CC(C)(C)c1ccc(N(c2ccccc2)c2ccc3c4c(ccc3c2)-c2c(c3ccc(N(c5ccccc5)c5ccc(C(C)(C)C)cc5)cc3c3ccccc23)C4(C)C)cc1. The Morgan fingerprint density at radius 3 is 1.31 bits per heavy atom. The van der Waals surface area contributed by atoms with E-state index in [9.17, 15) is 0 Å². The van der Waals surface area contributed by atoms with E-state index in [0.717, 1.165) is 34.1 Å². The zero-order valence-electron chi connectivity index (χ0n) is 36.7. The van der Waals surface area contributed by atoms with Crippen molar-refractivity contribution in [1.82, 2.24) is 0 Å². The van der Waals surface area contributed by atoms with Crippen molar-refractivity contribution >= 4 is 66.4 Å². The Hall–Kier alpha value is -6.64. The van der Waals surface area contributed by atoms with E-state index in [1.165, 1.54) is 65.7 Å². The minimum atomic E-state index is -0.251. The van der Waals surface area contributed by atoms with E-state index in [-0.39, 0.29) is 16.2 Å². The van der Waals surface area contributed by atoms with Crippen molar-refractivity contribution in [3.8, 4) is 11.1 Å². The topological polar surface area (TPSA) is 6.48 Å². The fourth-order valence-electron chi connectivity index (χ4n) is 9.98. The highest BCUT2D eigenvalue weighted by Gasteiger charge is 2.40. The molecule has 0 radical (unpaired) electrons. The minimum absolute atomic E-state index is 0.0811. The first-order valence-electron chi connectivity index (χ1n) is 21.8. The van der Waals surface area contributed by atoms with Crippen LogP contribution in [0.5, 0.6) is 0 Å². The predicted octanol–water partition coefficient (Wildman–Crippen LogP) is 17.0. The fraction of sp³-hybridized carbons (Fsp3) is 0.186. The zero-order valence-corrected chi connectivity index (χ0v) is 36.7. The number of fused-ring (bicyclic) bond motifs is 10. The fourth-order valence-corrected chi connectivity index (χ4v) is 9.98. The van der Waals surface area contributed by atoms with Crippen LogP contribution in [0.4, 0.5) is 34.1 Å². The molecule has 0 aliphatic heterocycles. The van der Waals surface area contributed by atoms with Crippen LogP contribution in [0.1, 0.15) is 77.6 Å². The van der Waals surface area contributed by atoms with Gasteiger partial charge < -0.3 is 9.80 Å². The van der Waals surface area contributed by atoms with Crippen LogP contribution in [-0.4, -0.2) is 0 Å². The molecule has 0 saturated heterocycles. The Bertz CT molecular complexity index is 3090. The monoisotopic (exact) mass is 790 g/mol. The summed E-state index contributed by atoms with van der Waals surface area (Å²) in [5, 5.41) is 7.73. The molecule has 61 heavy (non-hydrogen) atoms. The first-order chi connectivity index (χ1) is 29.3. The van der Waals surface area contributed by atoms with Crippen molar-refractivity contribution in [2.24, 2.45) is 0 Å². The molecule has 2 nitrogen and oxygen atoms in total. The molecular formula is C59H54N2. The number of hydrogen-bond acceptors (Lipinski definition) is 2. The predicted molar refractivity (Wildman–Crippen MR) is 263 cm³/mol. The number of anilines is 6. The summed E-state index contributed by atoms with van der Waals surface area (Å²) in [5.41, 5.74) is 15.0. The van der Waals surface area contributed by atoms with Crippen LogP contribution in [0.3, 0.4) is 0 Å². The van der Waals surface area contributed by atoms with Gasteiger partial charge in [0.2, 0.25) is 0 Å². The molecule has 0 amide bonds. The van der Waals surface area contributed by atoms with Gasteiger partial charge in [-0.15, -0.1) is 0 Å². The molecule has 0 N–H and O–H groups in total. The number of benzene rings is 9. The van der Waals surface area contributed by atoms with E-state index in [1.807, 2.05) is 0 Å². The lowest BCUT2D eigenvalue weighted by Crippen LogP contribution is -2.17. The number of hydrogen-bond donors (Lipinski definition) is 0. The standard InChI is InChI=1S/C59H54N2/c1-57(2,3)40-24-28-44(29-25-40)60(42-17-11-9-12-18-42)46-32-35-48-39(37-46)23-34-52-54-50-22-16-15-21-49(50)53-38-47(33-36-51(53)56(54)59(7,8)55(48)52)61(43-19-13-10-14-20-43)45-30-26-41(27-31-45)58(4,5)6/h9-38H,1-8H3. The highest BCUT2D eigenvalue weighted by molar-refractivity contribution is 6.20. The van der Waals surface area contributed by atoms with Gasteiger partial charge in [-0.25, -0.2) is 0 Å². The molecule has 10 rings (SSSR count). The lowest BCUT2D eigenvalue weighted by atomic mass is 9.77. The Morgan fingerprint density at radius 1 is 0.344 bits per heavy atom. The van der Waals surface area contributed by atoms with Gasteiger partial charge in [-0.3, -0.25) is 0 Å². The smallest absolute Gasteiger partial charge is 0.0468 e. The van der Waals surface area contributed by atoms with E-state index in [4.69, 9.17) is 0 Å². The molecule has 0 atom stereocenters. The third-order valence-electron chi connectivity index (χ3n) is 13.1. The second kappa shape index (κ2) is 14.2. The van der Waals surface area contributed by atoms with Crippen LogP contribution in [0.15, 0.2) is 182 Å². The van der Waals surface area contributed by atoms with Crippen LogP contribution in [-0.2, 0) is 16.2 Å². The van der Waals surface area contributed by atoms with Crippen molar-refractivity contribution in [1.29, 1.82) is 0 Å². The average molecular weight is 791 g/mol. The molecule has 0 bridgehead atoms. The molecule has 9 aromatic rings. The van der Waals surface area contributed by atoms with Crippen molar-refractivity contribution in [3.05, 3.63) is 204 Å². The lowest BCUT2D eigenvalue weighted by molar-refractivity contribution is 0.590. The molecular weight excluding hydrogens is 737 g/mol. The Morgan fingerprint density at radius 2 is 0.787 bits per heavy atom. The molecule has 1 aliphatic carbocycles. The van der Waals surface area contributed by atoms with E-state index in [2.05, 4.69) is 247 Å². The molecule has 0 spiro atoms. The van der Waals surface area contributed by atoms with Gasteiger partial charge in [0.05, 0.1) is 0 Å². The molecule has 2 heteroatoms. The first-order valence-corrected chi connectivity index (χ1v) is 21.8. The summed E-state index contributed by atoms with van der Waals surface area (Å²) >= 11 is 0. The average Bonchev–Trinajstić information content (AvgIpc) is 3.51. The van der Waals surface area contributed by atoms with Crippen LogP contribution < -0.4 is 9.80 Å². The zero-order chi connectivity index (χ0) is 42.3. The van der Waals surface area contributed by atoms with Crippen molar-refractivity contribution in [3.63, 3.8) is 0 Å². The van der Waals surface area contributed by atoms with E-state index in [1.54, 1.807) is 0 Å². The Kier molecular flexibility index (Phi) is 9.00. The van der Waals surface area contributed by atoms with Crippen LogP contribution in [0.2, 0.25) is 0 Å². The number of rotatable bonds is 6. The largest absolute Gasteiger partial charge is 0.310 e. The summed E-state index contributed by atoms with van der Waals surface area (Å²) in [7, 11) is 0.